The van der Waals surface area contributed by atoms with Crippen molar-refractivity contribution in [1.29, 1.82) is 0 Å². The average Bonchev–Trinajstić information content (AvgIpc) is 2.15. The van der Waals surface area contributed by atoms with Gasteiger partial charge in [0.15, 0.2) is 0 Å². The Bertz CT molecular complexity index is 132. The highest BCUT2D eigenvalue weighted by molar-refractivity contribution is 5.67. The van der Waals surface area contributed by atoms with E-state index in [1.54, 1.807) is 0 Å². The van der Waals surface area contributed by atoms with Crippen LogP contribution in [0.2, 0.25) is 0 Å². The van der Waals surface area contributed by atoms with Crippen LogP contribution < -0.4 is 0 Å². The molecule has 1 aliphatic rings. The first-order chi connectivity index (χ1) is 4.29. The molecule has 0 aromatic heterocycles. The van der Waals surface area contributed by atoms with Crippen molar-refractivity contribution in [2.45, 2.75) is 12.7 Å². The highest BCUT2D eigenvalue weighted by Crippen LogP contribution is 2.07. The molecule has 1 heterocycles. The fourth-order valence-corrected chi connectivity index (χ4v) is 0.510. The molecule has 0 saturated carbocycles. The van der Waals surface area contributed by atoms with E-state index < -0.39 is 12.3 Å². The summed E-state index contributed by atoms with van der Waals surface area (Å²) in [4.78, 5) is 9.97. The van der Waals surface area contributed by atoms with Crippen LogP contribution in [-0.4, -0.2) is 17.4 Å². The Balaban J connectivity index is 2.22. The second-order valence-electron chi connectivity index (χ2n) is 1.57. The van der Waals surface area contributed by atoms with E-state index in [2.05, 4.69) is 9.47 Å². The summed E-state index contributed by atoms with van der Waals surface area (Å²) < 4.78 is 9.36. The Morgan fingerprint density at radius 2 is 2.11 bits per heavy atom. The van der Waals surface area contributed by atoms with Gasteiger partial charge in [-0.2, -0.15) is 0 Å². The fourth-order valence-electron chi connectivity index (χ4n) is 0.510. The van der Waals surface area contributed by atoms with Crippen molar-refractivity contribution in [1.82, 2.24) is 0 Å². The predicted molar refractivity (Wildman–Crippen MR) is 27.4 cm³/mol. The molecular weight excluding hydrogens is 124 g/mol. The van der Waals surface area contributed by atoms with E-state index in [1.165, 1.54) is 12.5 Å². The molecule has 0 bridgehead atoms. The summed E-state index contributed by atoms with van der Waals surface area (Å²) in [6.45, 7) is 0. The maximum atomic E-state index is 9.97. The Morgan fingerprint density at radius 3 is 2.56 bits per heavy atom. The lowest BCUT2D eigenvalue weighted by Gasteiger charge is -2.04. The molecule has 0 aromatic rings. The number of carbonyl (C=O) groups is 1. The number of carboxylic acids is 1. The summed E-state index contributed by atoms with van der Waals surface area (Å²) in [5, 5.41) is 8.19. The lowest BCUT2D eigenvalue weighted by molar-refractivity contribution is -0.144. The van der Waals surface area contributed by atoms with E-state index in [4.69, 9.17) is 5.11 Å². The van der Waals surface area contributed by atoms with Gasteiger partial charge in [-0.3, -0.25) is 4.79 Å². The third-order valence-electron chi connectivity index (χ3n) is 0.858. The van der Waals surface area contributed by atoms with Crippen LogP contribution in [0.25, 0.3) is 0 Å². The number of rotatable bonds is 2. The summed E-state index contributed by atoms with van der Waals surface area (Å²) >= 11 is 0. The number of aliphatic carboxylic acids is 1. The first-order valence-electron chi connectivity index (χ1n) is 2.47. The van der Waals surface area contributed by atoms with Gasteiger partial charge in [0.1, 0.15) is 18.9 Å². The summed E-state index contributed by atoms with van der Waals surface area (Å²) in [6.07, 6.45) is 1.91. The minimum Gasteiger partial charge on any atom is -0.481 e. The van der Waals surface area contributed by atoms with Gasteiger partial charge in [-0.25, -0.2) is 0 Å². The molecule has 0 spiro atoms. The van der Waals surface area contributed by atoms with Crippen LogP contribution in [0, 0.1) is 0 Å². The van der Waals surface area contributed by atoms with Crippen molar-refractivity contribution in [3.8, 4) is 0 Å². The number of carboxylic acid groups (broad SMARTS) is 1. The summed E-state index contributed by atoms with van der Waals surface area (Å²) in [5.74, 6) is -0.927. The van der Waals surface area contributed by atoms with Crippen LogP contribution in [0.15, 0.2) is 12.5 Å². The van der Waals surface area contributed by atoms with E-state index >= 15 is 0 Å². The molecule has 4 heteroatoms. The molecule has 4 nitrogen and oxygen atoms in total. The molecule has 1 aliphatic heterocycles. The molecule has 0 amide bonds. The first kappa shape index (κ1) is 5.94. The van der Waals surface area contributed by atoms with Crippen molar-refractivity contribution < 1.29 is 19.4 Å². The minimum atomic E-state index is -0.927. The number of hydrogen-bond donors (Lipinski definition) is 1. The molecule has 0 fully saturated rings. The van der Waals surface area contributed by atoms with Gasteiger partial charge in [0.25, 0.3) is 0 Å². The van der Waals surface area contributed by atoms with Crippen molar-refractivity contribution in [2.75, 3.05) is 0 Å². The van der Waals surface area contributed by atoms with Crippen molar-refractivity contribution in [2.24, 2.45) is 0 Å². The minimum absolute atomic E-state index is 0.118. The summed E-state index contributed by atoms with van der Waals surface area (Å²) in [7, 11) is 0. The molecule has 0 unspecified atom stereocenters. The molecule has 0 atom stereocenters. The van der Waals surface area contributed by atoms with Gasteiger partial charge in [-0.15, -0.1) is 0 Å². The van der Waals surface area contributed by atoms with Gasteiger partial charge < -0.3 is 14.6 Å². The van der Waals surface area contributed by atoms with Gasteiger partial charge in [-0.05, 0) is 0 Å². The Hall–Kier alpha value is -1.19. The molecular formula is C5H6O4. The third kappa shape index (κ3) is 1.64. The Morgan fingerprint density at radius 1 is 1.56 bits per heavy atom. The van der Waals surface area contributed by atoms with Crippen LogP contribution in [0.4, 0.5) is 0 Å². The molecule has 0 aromatic carbocycles. The molecule has 0 saturated heterocycles. The normalized spacial score (nSPS) is 16.9. The van der Waals surface area contributed by atoms with Crippen LogP contribution in [0.5, 0.6) is 0 Å². The largest absolute Gasteiger partial charge is 0.481 e. The van der Waals surface area contributed by atoms with E-state index in [0.29, 0.717) is 0 Å². The maximum Gasteiger partial charge on any atom is 0.310 e. The number of hydrogen-bond acceptors (Lipinski definition) is 3. The smallest absolute Gasteiger partial charge is 0.310 e. The van der Waals surface area contributed by atoms with Gasteiger partial charge >= 0.3 is 5.97 Å². The molecule has 9 heavy (non-hydrogen) atoms. The van der Waals surface area contributed by atoms with Crippen LogP contribution in [0.3, 0.4) is 0 Å². The van der Waals surface area contributed by atoms with Crippen LogP contribution in [0.1, 0.15) is 6.42 Å². The Labute approximate surface area is 51.7 Å². The number of ether oxygens (including phenoxy) is 2. The lowest BCUT2D eigenvalue weighted by Crippen LogP contribution is -2.12. The highest BCUT2D eigenvalue weighted by atomic mass is 16.7. The molecule has 0 radical (unpaired) electrons. The maximum absolute atomic E-state index is 9.97. The van der Waals surface area contributed by atoms with E-state index in [1.807, 2.05) is 0 Å². The molecule has 0 aliphatic carbocycles. The predicted octanol–water partition coefficient (Wildman–Crippen LogP) is 0.305. The standard InChI is InChI=1S/C5H6O4/c6-4(7)3-5-8-1-2-9-5/h1-2,5H,3H2,(H,6,7). The average molecular weight is 130 g/mol. The third-order valence-corrected chi connectivity index (χ3v) is 0.858. The van der Waals surface area contributed by atoms with E-state index in [0.717, 1.165) is 0 Å². The van der Waals surface area contributed by atoms with Gasteiger partial charge in [-0.1, -0.05) is 0 Å². The summed E-state index contributed by atoms with van der Waals surface area (Å²) in [6, 6.07) is 0. The molecule has 50 valence electrons. The summed E-state index contributed by atoms with van der Waals surface area (Å²) in [5.41, 5.74) is 0. The zero-order valence-corrected chi connectivity index (χ0v) is 4.61. The topological polar surface area (TPSA) is 55.8 Å². The second-order valence-corrected chi connectivity index (χ2v) is 1.57. The molecule has 1 N–H and O–H groups in total. The van der Waals surface area contributed by atoms with Crippen molar-refractivity contribution in [3.05, 3.63) is 12.5 Å². The van der Waals surface area contributed by atoms with Crippen molar-refractivity contribution in [3.63, 3.8) is 0 Å². The van der Waals surface area contributed by atoms with Gasteiger partial charge in [0.05, 0.1) is 0 Å². The zero-order chi connectivity index (χ0) is 6.69. The van der Waals surface area contributed by atoms with E-state index in [9.17, 15) is 4.79 Å². The van der Waals surface area contributed by atoms with Crippen LogP contribution >= 0.6 is 0 Å². The Kier molecular flexibility index (Phi) is 1.58. The monoisotopic (exact) mass is 130 g/mol. The first-order valence-corrected chi connectivity index (χ1v) is 2.47. The molecule has 1 rings (SSSR count). The van der Waals surface area contributed by atoms with E-state index in [-0.39, 0.29) is 6.42 Å². The van der Waals surface area contributed by atoms with Gasteiger partial charge in [0, 0.05) is 0 Å². The quantitative estimate of drug-likeness (QED) is 0.584. The fraction of sp³-hybridized carbons (Fsp3) is 0.400. The zero-order valence-electron chi connectivity index (χ0n) is 4.61. The second kappa shape index (κ2) is 2.39. The lowest BCUT2D eigenvalue weighted by atomic mass is 10.4. The SMILES string of the molecule is O=C(O)CC1OC=CO1. The highest BCUT2D eigenvalue weighted by Gasteiger charge is 2.15. The van der Waals surface area contributed by atoms with Crippen LogP contribution in [-0.2, 0) is 14.3 Å². The van der Waals surface area contributed by atoms with Crippen molar-refractivity contribution >= 4 is 5.97 Å². The van der Waals surface area contributed by atoms with Gasteiger partial charge in [0.2, 0.25) is 6.29 Å².